The Bertz CT molecular complexity index is 729. The quantitative estimate of drug-likeness (QED) is 0.679. The summed E-state index contributed by atoms with van der Waals surface area (Å²) in [6.45, 7) is 0. The number of benzene rings is 1. The van der Waals surface area contributed by atoms with Gasteiger partial charge < -0.3 is 5.43 Å². The van der Waals surface area contributed by atoms with Crippen molar-refractivity contribution >= 4 is 45.9 Å². The zero-order chi connectivity index (χ0) is 15.0. The van der Waals surface area contributed by atoms with E-state index in [0.717, 1.165) is 16.2 Å². The highest BCUT2D eigenvalue weighted by Gasteiger charge is 2.26. The lowest BCUT2D eigenvalue weighted by Gasteiger charge is -2.06. The number of halogens is 2. The van der Waals surface area contributed by atoms with Crippen molar-refractivity contribution in [3.8, 4) is 0 Å². The summed E-state index contributed by atoms with van der Waals surface area (Å²) in [4.78, 5) is 15.0. The summed E-state index contributed by atoms with van der Waals surface area (Å²) in [5.41, 5.74) is 4.70. The van der Waals surface area contributed by atoms with Gasteiger partial charge in [-0.25, -0.2) is 4.98 Å². The minimum atomic E-state index is -0.430. The van der Waals surface area contributed by atoms with E-state index in [1.165, 1.54) is 23.5 Å². The molecule has 1 aliphatic rings. The van der Waals surface area contributed by atoms with Gasteiger partial charge in [0.05, 0.1) is 21.6 Å². The third-order valence-corrected chi connectivity index (χ3v) is 4.74. The van der Waals surface area contributed by atoms with Crippen molar-refractivity contribution < 1.29 is 4.92 Å². The van der Waals surface area contributed by atoms with E-state index in [2.05, 4.69) is 15.5 Å². The summed E-state index contributed by atoms with van der Waals surface area (Å²) in [6, 6.07) is 6.21. The molecule has 0 spiro atoms. The molecule has 0 aliphatic carbocycles. The van der Waals surface area contributed by atoms with Crippen LogP contribution in [-0.2, 0) is 0 Å². The molecule has 1 atom stereocenters. The molecule has 6 nitrogen and oxygen atoms in total. The smallest absolute Gasteiger partial charge is 0.269 e. The first-order valence-corrected chi connectivity index (χ1v) is 7.50. The molecule has 1 aliphatic heterocycles. The molecule has 9 heteroatoms. The predicted molar refractivity (Wildman–Crippen MR) is 82.3 cm³/mol. The lowest BCUT2D eigenvalue weighted by Crippen LogP contribution is -2.08. The number of non-ortho nitro benzene ring substituents is 1. The van der Waals surface area contributed by atoms with Crippen LogP contribution in [0, 0.1) is 10.1 Å². The Morgan fingerprint density at radius 3 is 2.62 bits per heavy atom. The molecule has 0 fully saturated rings. The molecular weight excluding hydrogens is 335 g/mol. The van der Waals surface area contributed by atoms with Crippen molar-refractivity contribution in [2.24, 2.45) is 5.10 Å². The Morgan fingerprint density at radius 2 is 2.05 bits per heavy atom. The van der Waals surface area contributed by atoms with Crippen LogP contribution >= 0.6 is 34.5 Å². The number of hydrogen-bond acceptors (Lipinski definition) is 6. The van der Waals surface area contributed by atoms with Crippen molar-refractivity contribution in [2.45, 2.75) is 12.5 Å². The first kappa shape index (κ1) is 14.2. The monoisotopic (exact) mass is 342 g/mol. The van der Waals surface area contributed by atoms with Gasteiger partial charge in [0.25, 0.3) is 5.69 Å². The normalized spacial score (nSPS) is 17.4. The van der Waals surface area contributed by atoms with Crippen LogP contribution in [0.5, 0.6) is 0 Å². The third kappa shape index (κ3) is 2.85. The lowest BCUT2D eigenvalue weighted by atomic mass is 10.0. The Balaban J connectivity index is 1.77. The van der Waals surface area contributed by atoms with Crippen LogP contribution in [0.1, 0.15) is 22.9 Å². The van der Waals surface area contributed by atoms with Crippen LogP contribution in [0.4, 0.5) is 5.69 Å². The number of nitro benzene ring substituents is 1. The lowest BCUT2D eigenvalue weighted by molar-refractivity contribution is -0.384. The van der Waals surface area contributed by atoms with Crippen LogP contribution in [0.2, 0.25) is 9.62 Å². The SMILES string of the molecule is O=[N+]([O-])c1ccc(C2=NNC(c3sc(Cl)nc3Cl)C2)cc1. The van der Waals surface area contributed by atoms with Crippen LogP contribution in [-0.4, -0.2) is 15.6 Å². The standard InChI is InChI=1S/C12H8Cl2N4O2S/c13-11-10(21-12(14)15-11)9-5-8(16-17-9)6-1-3-7(4-2-6)18(19)20/h1-4,9,17H,5H2. The van der Waals surface area contributed by atoms with Crippen molar-refractivity contribution in [3.63, 3.8) is 0 Å². The summed E-state index contributed by atoms with van der Waals surface area (Å²) in [5, 5.41) is 15.3. The average molecular weight is 343 g/mol. The van der Waals surface area contributed by atoms with Crippen LogP contribution in [0.25, 0.3) is 0 Å². The highest BCUT2D eigenvalue weighted by atomic mass is 35.5. The molecule has 1 unspecified atom stereocenters. The predicted octanol–water partition coefficient (Wildman–Crippen LogP) is 3.80. The average Bonchev–Trinajstić information content (AvgIpc) is 3.05. The number of hydrazone groups is 1. The zero-order valence-corrected chi connectivity index (χ0v) is 12.7. The summed E-state index contributed by atoms with van der Waals surface area (Å²) < 4.78 is 0.389. The number of aromatic nitrogens is 1. The molecule has 2 heterocycles. The van der Waals surface area contributed by atoms with Crippen LogP contribution in [0.15, 0.2) is 29.4 Å². The van der Waals surface area contributed by atoms with Gasteiger partial charge in [-0.05, 0) is 17.7 Å². The van der Waals surface area contributed by atoms with Gasteiger partial charge in [0.1, 0.15) is 5.15 Å². The molecule has 2 aromatic rings. The van der Waals surface area contributed by atoms with Gasteiger partial charge in [-0.3, -0.25) is 10.1 Å². The fraction of sp³-hybridized carbons (Fsp3) is 0.167. The van der Waals surface area contributed by atoms with E-state index in [-0.39, 0.29) is 11.7 Å². The molecule has 0 saturated carbocycles. The Labute approximate surface area is 133 Å². The second-order valence-electron chi connectivity index (χ2n) is 4.37. The Hall–Kier alpha value is -1.70. The topological polar surface area (TPSA) is 80.4 Å². The van der Waals surface area contributed by atoms with E-state index < -0.39 is 4.92 Å². The number of nitrogens with one attached hydrogen (secondary N) is 1. The van der Waals surface area contributed by atoms with Gasteiger partial charge in [-0.15, -0.1) is 11.3 Å². The molecule has 1 aromatic carbocycles. The van der Waals surface area contributed by atoms with E-state index in [4.69, 9.17) is 23.2 Å². The zero-order valence-electron chi connectivity index (χ0n) is 10.4. The summed E-state index contributed by atoms with van der Waals surface area (Å²) >= 11 is 13.2. The summed E-state index contributed by atoms with van der Waals surface area (Å²) in [5.74, 6) is 0. The maximum atomic E-state index is 10.6. The maximum Gasteiger partial charge on any atom is 0.269 e. The van der Waals surface area contributed by atoms with Gasteiger partial charge in [0.2, 0.25) is 0 Å². The molecule has 3 rings (SSSR count). The molecule has 1 N–H and O–H groups in total. The number of rotatable bonds is 3. The molecular formula is C12H8Cl2N4O2S. The van der Waals surface area contributed by atoms with Crippen molar-refractivity contribution in [2.75, 3.05) is 0 Å². The second kappa shape index (κ2) is 5.59. The number of nitrogens with zero attached hydrogens (tertiary/aromatic N) is 3. The van der Waals surface area contributed by atoms with Crippen LogP contribution < -0.4 is 5.43 Å². The number of thiazole rings is 1. The maximum absolute atomic E-state index is 10.6. The number of hydrogen-bond donors (Lipinski definition) is 1. The highest BCUT2D eigenvalue weighted by Crippen LogP contribution is 2.36. The molecule has 21 heavy (non-hydrogen) atoms. The first-order chi connectivity index (χ1) is 10.0. The fourth-order valence-corrected chi connectivity index (χ4v) is 3.54. The van der Waals surface area contributed by atoms with E-state index in [0.29, 0.717) is 16.0 Å². The van der Waals surface area contributed by atoms with E-state index in [9.17, 15) is 10.1 Å². The molecule has 0 amide bonds. The minimum Gasteiger partial charge on any atom is -0.301 e. The summed E-state index contributed by atoms with van der Waals surface area (Å²) in [7, 11) is 0. The second-order valence-corrected chi connectivity index (χ2v) is 6.34. The molecule has 0 bridgehead atoms. The van der Waals surface area contributed by atoms with Gasteiger partial charge in [0, 0.05) is 18.6 Å². The highest BCUT2D eigenvalue weighted by molar-refractivity contribution is 7.16. The molecule has 1 aromatic heterocycles. The van der Waals surface area contributed by atoms with E-state index >= 15 is 0 Å². The van der Waals surface area contributed by atoms with Crippen molar-refractivity contribution in [1.29, 1.82) is 0 Å². The Morgan fingerprint density at radius 1 is 1.33 bits per heavy atom. The fourth-order valence-electron chi connectivity index (χ4n) is 2.05. The number of nitro groups is 1. The third-order valence-electron chi connectivity index (χ3n) is 3.06. The first-order valence-electron chi connectivity index (χ1n) is 5.93. The van der Waals surface area contributed by atoms with Crippen molar-refractivity contribution in [3.05, 3.63) is 54.4 Å². The van der Waals surface area contributed by atoms with E-state index in [1.807, 2.05) is 0 Å². The van der Waals surface area contributed by atoms with E-state index in [1.54, 1.807) is 12.1 Å². The Kier molecular flexibility index (Phi) is 3.79. The molecule has 108 valence electrons. The van der Waals surface area contributed by atoms with Gasteiger partial charge in [-0.1, -0.05) is 23.2 Å². The van der Waals surface area contributed by atoms with Gasteiger partial charge in [0.15, 0.2) is 4.47 Å². The minimum absolute atomic E-state index is 0.0548. The molecule has 0 saturated heterocycles. The molecule has 0 radical (unpaired) electrons. The van der Waals surface area contributed by atoms with Crippen LogP contribution in [0.3, 0.4) is 0 Å². The largest absolute Gasteiger partial charge is 0.301 e. The van der Waals surface area contributed by atoms with Crippen molar-refractivity contribution in [1.82, 2.24) is 10.4 Å². The van der Waals surface area contributed by atoms with Gasteiger partial charge in [-0.2, -0.15) is 5.10 Å². The van der Waals surface area contributed by atoms with Gasteiger partial charge >= 0.3 is 0 Å². The summed E-state index contributed by atoms with van der Waals surface area (Å²) in [6.07, 6.45) is 0.621.